The zero-order valence-corrected chi connectivity index (χ0v) is 21.1. The molecule has 2 fully saturated rings. The fourth-order valence-electron chi connectivity index (χ4n) is 4.87. The first-order valence-electron chi connectivity index (χ1n) is 13.1. The number of carbonyl (C=O) groups excluding carboxylic acids is 2. The van der Waals surface area contributed by atoms with Crippen LogP contribution in [0.3, 0.4) is 0 Å². The van der Waals surface area contributed by atoms with E-state index in [-0.39, 0.29) is 30.4 Å². The number of likely N-dealkylation sites (tertiary alicyclic amines) is 2. The highest BCUT2D eigenvalue weighted by molar-refractivity contribution is 5.99. The summed E-state index contributed by atoms with van der Waals surface area (Å²) in [6.07, 6.45) is 8.59. The van der Waals surface area contributed by atoms with Crippen molar-refractivity contribution in [2.24, 2.45) is 15.9 Å². The van der Waals surface area contributed by atoms with Gasteiger partial charge in [-0.15, -0.1) is 0 Å². The van der Waals surface area contributed by atoms with E-state index in [0.29, 0.717) is 19.4 Å². The molecule has 1 N–H and O–H groups in total. The number of rotatable bonds is 7. The Morgan fingerprint density at radius 1 is 1.03 bits per heavy atom. The maximum absolute atomic E-state index is 13.3. The van der Waals surface area contributed by atoms with Crippen LogP contribution in [0.1, 0.15) is 49.3 Å². The van der Waals surface area contributed by atoms with Crippen LogP contribution in [-0.4, -0.2) is 60.0 Å². The van der Waals surface area contributed by atoms with Crippen LogP contribution in [0, 0.1) is 17.4 Å². The molecule has 0 bridgehead atoms. The first-order chi connectivity index (χ1) is 18.1. The van der Waals surface area contributed by atoms with Crippen LogP contribution >= 0.6 is 0 Å². The summed E-state index contributed by atoms with van der Waals surface area (Å²) in [5, 5.41) is 11.9. The van der Waals surface area contributed by atoms with Crippen molar-refractivity contribution < 1.29 is 9.59 Å². The molecule has 2 aliphatic rings. The highest BCUT2D eigenvalue weighted by atomic mass is 16.2. The Kier molecular flexibility index (Phi) is 9.41. The normalized spacial score (nSPS) is 19.5. The minimum absolute atomic E-state index is 0.0171. The van der Waals surface area contributed by atoms with Gasteiger partial charge in [-0.3, -0.25) is 14.9 Å². The summed E-state index contributed by atoms with van der Waals surface area (Å²) in [7, 11) is 0. The van der Waals surface area contributed by atoms with Crippen LogP contribution in [-0.2, 0) is 16.0 Å². The number of amides is 2. The van der Waals surface area contributed by atoms with Gasteiger partial charge in [0.2, 0.25) is 17.8 Å². The minimum Gasteiger partial charge on any atom is -0.341 e. The largest absolute Gasteiger partial charge is 0.341 e. The first-order valence-corrected chi connectivity index (χ1v) is 13.1. The molecule has 0 saturated carbocycles. The van der Waals surface area contributed by atoms with E-state index in [9.17, 15) is 14.9 Å². The van der Waals surface area contributed by atoms with E-state index < -0.39 is 5.92 Å². The molecule has 2 saturated heterocycles. The van der Waals surface area contributed by atoms with Gasteiger partial charge in [-0.1, -0.05) is 67.1 Å². The van der Waals surface area contributed by atoms with E-state index >= 15 is 0 Å². The van der Waals surface area contributed by atoms with Gasteiger partial charge >= 0.3 is 0 Å². The number of benzene rings is 2. The topological polar surface area (TPSA) is 101 Å². The smallest absolute Gasteiger partial charge is 0.242 e. The molecule has 2 aromatic carbocycles. The number of nitrogens with zero attached hydrogens (tertiary/aromatic N) is 5. The zero-order chi connectivity index (χ0) is 25.9. The lowest BCUT2D eigenvalue weighted by Crippen LogP contribution is -2.44. The van der Waals surface area contributed by atoms with Crippen molar-refractivity contribution in [2.45, 2.75) is 44.6 Å². The summed E-state index contributed by atoms with van der Waals surface area (Å²) in [6.45, 7) is 2.24. The molecule has 0 spiro atoms. The number of nitrogens with one attached hydrogen (secondary N) is 1. The Morgan fingerprint density at radius 2 is 1.70 bits per heavy atom. The molecule has 2 aromatic rings. The third-order valence-electron chi connectivity index (χ3n) is 6.89. The lowest BCUT2D eigenvalue weighted by molar-refractivity contribution is -0.140. The molecule has 8 nitrogen and oxygen atoms in total. The number of aliphatic imine (C=N–C) groups is 2. The van der Waals surface area contributed by atoms with E-state index in [1.807, 2.05) is 71.8 Å². The summed E-state index contributed by atoms with van der Waals surface area (Å²) in [6, 6.07) is 19.7. The Labute approximate surface area is 218 Å². The van der Waals surface area contributed by atoms with E-state index in [4.69, 9.17) is 4.99 Å². The predicted octanol–water partition coefficient (Wildman–Crippen LogP) is 3.72. The highest BCUT2D eigenvalue weighted by Crippen LogP contribution is 2.23. The zero-order valence-electron chi connectivity index (χ0n) is 21.1. The van der Waals surface area contributed by atoms with Crippen LogP contribution in [0.15, 0.2) is 70.6 Å². The Balaban J connectivity index is 1.51. The molecule has 8 heteroatoms. The van der Waals surface area contributed by atoms with Crippen LogP contribution in [0.2, 0.25) is 0 Å². The SMILES string of the molecule is N#CNC(=NC(Cc1ccccc1)c1ccccc1)/N=C/C1CCCCN(CC(=O)N2CCCC2)C1=O. The van der Waals surface area contributed by atoms with Crippen LogP contribution in [0.25, 0.3) is 0 Å². The van der Waals surface area contributed by atoms with Gasteiger partial charge in [0.05, 0.1) is 18.5 Å². The molecule has 37 heavy (non-hydrogen) atoms. The molecule has 2 aliphatic heterocycles. The van der Waals surface area contributed by atoms with Crippen molar-refractivity contribution in [3.05, 3.63) is 71.8 Å². The summed E-state index contributed by atoms with van der Waals surface area (Å²) >= 11 is 0. The second kappa shape index (κ2) is 13.4. The molecular weight excluding hydrogens is 464 g/mol. The van der Waals surface area contributed by atoms with Gasteiger partial charge in [-0.05, 0) is 43.2 Å². The highest BCUT2D eigenvalue weighted by Gasteiger charge is 2.29. The summed E-state index contributed by atoms with van der Waals surface area (Å²) in [5.41, 5.74) is 2.13. The summed E-state index contributed by atoms with van der Waals surface area (Å²) < 4.78 is 0. The average Bonchev–Trinajstić information content (AvgIpc) is 3.42. The van der Waals surface area contributed by atoms with Gasteiger partial charge in [0.1, 0.15) is 0 Å². The molecule has 2 heterocycles. The summed E-state index contributed by atoms with van der Waals surface area (Å²) in [4.78, 5) is 38.7. The van der Waals surface area contributed by atoms with Crippen LogP contribution < -0.4 is 5.32 Å². The van der Waals surface area contributed by atoms with Gasteiger partial charge < -0.3 is 9.80 Å². The first kappa shape index (κ1) is 26.1. The van der Waals surface area contributed by atoms with Crippen molar-refractivity contribution in [1.29, 1.82) is 5.26 Å². The second-order valence-corrected chi connectivity index (χ2v) is 9.53. The number of hydrogen-bond donors (Lipinski definition) is 1. The summed E-state index contributed by atoms with van der Waals surface area (Å²) in [5.74, 6) is -0.356. The number of carbonyl (C=O) groups is 2. The van der Waals surface area contributed by atoms with Crippen molar-refractivity contribution in [2.75, 3.05) is 26.2 Å². The van der Waals surface area contributed by atoms with E-state index in [0.717, 1.165) is 49.9 Å². The maximum Gasteiger partial charge on any atom is 0.242 e. The molecule has 2 atom stereocenters. The molecular formula is C29H34N6O2. The van der Waals surface area contributed by atoms with Crippen molar-refractivity contribution >= 4 is 24.0 Å². The number of nitriles is 1. The molecule has 192 valence electrons. The van der Waals surface area contributed by atoms with Crippen molar-refractivity contribution in [1.82, 2.24) is 15.1 Å². The van der Waals surface area contributed by atoms with Crippen LogP contribution in [0.4, 0.5) is 0 Å². The van der Waals surface area contributed by atoms with Crippen molar-refractivity contribution in [3.8, 4) is 6.19 Å². The Morgan fingerprint density at radius 3 is 2.41 bits per heavy atom. The molecule has 0 aromatic heterocycles. The number of hydrogen-bond acceptors (Lipinski definition) is 4. The fraction of sp³-hybridized carbons (Fsp3) is 0.414. The van der Waals surface area contributed by atoms with Gasteiger partial charge in [0, 0.05) is 25.8 Å². The van der Waals surface area contributed by atoms with E-state index in [2.05, 4.69) is 10.3 Å². The molecule has 0 radical (unpaired) electrons. The molecule has 4 rings (SSSR count). The molecule has 2 amide bonds. The van der Waals surface area contributed by atoms with Gasteiger partial charge in [0.15, 0.2) is 6.19 Å². The van der Waals surface area contributed by atoms with Crippen LogP contribution in [0.5, 0.6) is 0 Å². The second-order valence-electron chi connectivity index (χ2n) is 9.53. The lowest BCUT2D eigenvalue weighted by Gasteiger charge is -2.25. The number of guanidine groups is 1. The quantitative estimate of drug-likeness (QED) is 0.272. The lowest BCUT2D eigenvalue weighted by atomic mass is 9.99. The van der Waals surface area contributed by atoms with Crippen molar-refractivity contribution in [3.63, 3.8) is 0 Å². The standard InChI is InChI=1S/C29H34N6O2/c30-22-32-29(33-26(24-13-5-2-6-14-24)19-23-11-3-1-4-12-23)31-20-25-15-7-8-18-35(28(25)37)21-27(36)34-16-9-10-17-34/h1-6,11-14,20,25-26H,7-10,15-19,21H2,(H,32,33)/b31-20+. The Bertz CT molecular complexity index is 1140. The van der Waals surface area contributed by atoms with E-state index in [1.54, 1.807) is 11.1 Å². The van der Waals surface area contributed by atoms with E-state index in [1.165, 1.54) is 0 Å². The fourth-order valence-corrected chi connectivity index (χ4v) is 4.87. The third kappa shape index (κ3) is 7.50. The minimum atomic E-state index is -0.455. The average molecular weight is 499 g/mol. The Hall–Kier alpha value is -3.99. The van der Waals surface area contributed by atoms with Gasteiger partial charge in [-0.2, -0.15) is 5.26 Å². The van der Waals surface area contributed by atoms with Gasteiger partial charge in [-0.25, -0.2) is 9.98 Å². The monoisotopic (exact) mass is 498 g/mol. The molecule has 0 aliphatic carbocycles. The third-order valence-corrected chi connectivity index (χ3v) is 6.89. The van der Waals surface area contributed by atoms with Gasteiger partial charge in [0.25, 0.3) is 0 Å². The predicted molar refractivity (Wildman–Crippen MR) is 144 cm³/mol. The molecule has 2 unspecified atom stereocenters. The maximum atomic E-state index is 13.3.